The van der Waals surface area contributed by atoms with E-state index in [-0.39, 0.29) is 12.2 Å². The molecular formula is C16H18N4O2+2. The summed E-state index contributed by atoms with van der Waals surface area (Å²) in [6.07, 6.45) is 3.79. The highest BCUT2D eigenvalue weighted by Gasteiger charge is 2.57. The largest absolute Gasteiger partial charge is 0.570 e. The Morgan fingerprint density at radius 3 is 3.00 bits per heavy atom. The van der Waals surface area contributed by atoms with Crippen LogP contribution in [0.4, 0.5) is 0 Å². The standard InChI is InChI=1S/C16H17N4O2/c17-14-16-19-15(20(16)10-18-14)13-7-6-12(22-13)9-21-8-11-4-2-1-3-5-11/h1-5,10,12-13,17H,6-9H2/q+1/p+1. The van der Waals surface area contributed by atoms with Crippen LogP contribution in [-0.4, -0.2) is 47.2 Å². The van der Waals surface area contributed by atoms with Crippen molar-refractivity contribution in [3.05, 3.63) is 35.9 Å². The van der Waals surface area contributed by atoms with Crippen LogP contribution in [0.3, 0.4) is 0 Å². The molecule has 6 nitrogen and oxygen atoms in total. The van der Waals surface area contributed by atoms with Crippen LogP contribution in [0.15, 0.2) is 35.3 Å². The van der Waals surface area contributed by atoms with Gasteiger partial charge in [-0.15, -0.1) is 0 Å². The van der Waals surface area contributed by atoms with E-state index in [1.54, 1.807) is 6.34 Å². The first-order valence-electron chi connectivity index (χ1n) is 7.50. The minimum Gasteiger partial charge on any atom is -0.374 e. The zero-order valence-corrected chi connectivity index (χ0v) is 12.2. The smallest absolute Gasteiger partial charge is 0.374 e. The third kappa shape index (κ3) is 2.37. The fourth-order valence-electron chi connectivity index (χ4n) is 2.88. The maximum Gasteiger partial charge on any atom is 0.570 e. The van der Waals surface area contributed by atoms with Gasteiger partial charge < -0.3 is 15.2 Å². The number of rotatable bonds is 5. The van der Waals surface area contributed by atoms with E-state index >= 15 is 0 Å². The molecule has 1 saturated heterocycles. The molecule has 0 spiro atoms. The van der Waals surface area contributed by atoms with Crippen molar-refractivity contribution in [1.82, 2.24) is 4.67 Å². The van der Waals surface area contributed by atoms with Crippen molar-refractivity contribution in [2.24, 2.45) is 10.7 Å². The Kier molecular flexibility index (Phi) is 3.35. The number of amidine groups is 3. The van der Waals surface area contributed by atoms with Gasteiger partial charge in [0.1, 0.15) is 0 Å². The summed E-state index contributed by atoms with van der Waals surface area (Å²) < 4.78 is 18.1. The molecule has 0 bridgehead atoms. The van der Waals surface area contributed by atoms with Crippen molar-refractivity contribution in [3.8, 4) is 0 Å². The van der Waals surface area contributed by atoms with Crippen molar-refractivity contribution in [1.29, 1.82) is 0 Å². The van der Waals surface area contributed by atoms with E-state index < -0.39 is 0 Å². The molecule has 2 unspecified atom stereocenters. The summed E-state index contributed by atoms with van der Waals surface area (Å²) in [6, 6.07) is 10.2. The molecular weight excluding hydrogens is 280 g/mol. The van der Waals surface area contributed by atoms with E-state index in [1.807, 2.05) is 22.8 Å². The Labute approximate surface area is 128 Å². The highest BCUT2D eigenvalue weighted by atomic mass is 16.5. The fraction of sp³-hybridized carbons (Fsp3) is 0.375. The highest BCUT2D eigenvalue weighted by molar-refractivity contribution is 6.43. The van der Waals surface area contributed by atoms with Gasteiger partial charge in [-0.2, -0.15) is 0 Å². The van der Waals surface area contributed by atoms with Crippen molar-refractivity contribution < 1.29 is 14.0 Å². The van der Waals surface area contributed by atoms with Crippen LogP contribution in [0.5, 0.6) is 0 Å². The summed E-state index contributed by atoms with van der Waals surface area (Å²) in [5.74, 6) is 2.12. The average molecular weight is 298 g/mol. The van der Waals surface area contributed by atoms with E-state index in [0.717, 1.165) is 24.5 Å². The fourth-order valence-corrected chi connectivity index (χ4v) is 2.88. The van der Waals surface area contributed by atoms with Gasteiger partial charge in [0.15, 0.2) is 0 Å². The van der Waals surface area contributed by atoms with Crippen molar-refractivity contribution in [3.63, 3.8) is 0 Å². The van der Waals surface area contributed by atoms with E-state index in [1.165, 1.54) is 5.56 Å². The lowest BCUT2D eigenvalue weighted by Gasteiger charge is -2.11. The Balaban J connectivity index is 1.28. The van der Waals surface area contributed by atoms with Gasteiger partial charge in [-0.25, -0.2) is 0 Å². The van der Waals surface area contributed by atoms with Gasteiger partial charge in [0.25, 0.3) is 0 Å². The quantitative estimate of drug-likeness (QED) is 0.616. The molecule has 0 aliphatic carbocycles. The number of benzene rings is 1. The number of fused-ring (bicyclic) bond motifs is 1. The van der Waals surface area contributed by atoms with E-state index in [9.17, 15) is 0 Å². The molecule has 3 heterocycles. The lowest BCUT2D eigenvalue weighted by atomic mass is 10.1. The van der Waals surface area contributed by atoms with E-state index in [2.05, 4.69) is 21.8 Å². The third-order valence-electron chi connectivity index (χ3n) is 4.05. The molecule has 6 heteroatoms. The molecule has 2 N–H and O–H groups in total. The number of aliphatic imine (C=N–C) groups is 1. The average Bonchev–Trinajstić information content (AvgIpc) is 3.06. The number of nitrogens with two attached hydrogens (primary N) is 1. The molecule has 1 aromatic carbocycles. The molecule has 2 atom stereocenters. The van der Waals surface area contributed by atoms with Gasteiger partial charge in [0.05, 0.1) is 24.3 Å². The predicted molar refractivity (Wildman–Crippen MR) is 84.1 cm³/mol. The minimum absolute atomic E-state index is 0.0198. The normalized spacial score (nSPS) is 25.8. The molecule has 0 amide bonds. The van der Waals surface area contributed by atoms with Crippen LogP contribution in [0.25, 0.3) is 0 Å². The van der Waals surface area contributed by atoms with Gasteiger partial charge in [0, 0.05) is 0 Å². The molecule has 3 aliphatic rings. The lowest BCUT2D eigenvalue weighted by Crippen LogP contribution is -2.50. The summed E-state index contributed by atoms with van der Waals surface area (Å²) in [4.78, 5) is 4.05. The Morgan fingerprint density at radius 2 is 2.18 bits per heavy atom. The summed E-state index contributed by atoms with van der Waals surface area (Å²) in [5.41, 5.74) is 6.88. The second-order valence-corrected chi connectivity index (χ2v) is 5.62. The second-order valence-electron chi connectivity index (χ2n) is 5.62. The summed E-state index contributed by atoms with van der Waals surface area (Å²) in [6.45, 7) is 1.23. The lowest BCUT2D eigenvalue weighted by molar-refractivity contribution is -0.286. The van der Waals surface area contributed by atoms with Crippen LogP contribution in [0.1, 0.15) is 18.4 Å². The SMILES string of the molecule is NC1=NC=[N+]2C1=[N+]=C2C1CCC(COCc2ccccc2)O1. The van der Waals surface area contributed by atoms with Crippen LogP contribution in [0, 0.1) is 0 Å². The third-order valence-corrected chi connectivity index (χ3v) is 4.05. The Bertz CT molecular complexity index is 717. The molecule has 1 aromatic rings. The van der Waals surface area contributed by atoms with Crippen molar-refractivity contribution >= 4 is 23.8 Å². The maximum atomic E-state index is 6.02. The van der Waals surface area contributed by atoms with E-state index in [0.29, 0.717) is 19.0 Å². The van der Waals surface area contributed by atoms with Gasteiger partial charge in [-0.3, -0.25) is 0 Å². The molecule has 112 valence electrons. The first-order chi connectivity index (χ1) is 10.8. The number of hydrogen-bond donors (Lipinski definition) is 1. The van der Waals surface area contributed by atoms with Gasteiger partial charge in [0.2, 0.25) is 6.10 Å². The first-order valence-corrected chi connectivity index (χ1v) is 7.50. The predicted octanol–water partition coefficient (Wildman–Crippen LogP) is 0.0402. The maximum absolute atomic E-state index is 6.02. The number of ether oxygens (including phenoxy) is 2. The number of hydrogen-bond acceptors (Lipinski definition) is 4. The molecule has 3 aliphatic heterocycles. The van der Waals surface area contributed by atoms with Gasteiger partial charge in [-0.1, -0.05) is 30.3 Å². The summed E-state index contributed by atoms with van der Waals surface area (Å²) in [7, 11) is 0. The molecule has 1 fully saturated rings. The van der Waals surface area contributed by atoms with Crippen LogP contribution >= 0.6 is 0 Å². The van der Waals surface area contributed by atoms with Crippen LogP contribution in [-0.2, 0) is 16.1 Å². The Morgan fingerprint density at radius 1 is 1.32 bits per heavy atom. The summed E-state index contributed by atoms with van der Waals surface area (Å²) >= 11 is 0. The molecule has 22 heavy (non-hydrogen) atoms. The molecule has 0 aromatic heterocycles. The molecule has 4 rings (SSSR count). The van der Waals surface area contributed by atoms with Crippen molar-refractivity contribution in [2.75, 3.05) is 6.61 Å². The zero-order valence-electron chi connectivity index (χ0n) is 12.2. The van der Waals surface area contributed by atoms with Gasteiger partial charge in [-0.05, 0) is 27.6 Å². The molecule has 0 radical (unpaired) electrons. The summed E-state index contributed by atoms with van der Waals surface area (Å²) in [5, 5.41) is 0. The first kappa shape index (κ1) is 13.4. The highest BCUT2D eigenvalue weighted by Crippen LogP contribution is 2.22. The monoisotopic (exact) mass is 298 g/mol. The number of nitrogens with zero attached hydrogens (tertiary/aromatic N) is 3. The van der Waals surface area contributed by atoms with E-state index in [4.69, 9.17) is 15.2 Å². The van der Waals surface area contributed by atoms with Crippen LogP contribution < -0.4 is 10.4 Å². The molecule has 0 saturated carbocycles. The minimum atomic E-state index is 0.0198. The van der Waals surface area contributed by atoms with Crippen LogP contribution in [0.2, 0.25) is 0 Å². The van der Waals surface area contributed by atoms with Crippen molar-refractivity contribution in [2.45, 2.75) is 31.7 Å². The Hall–Kier alpha value is -2.27. The second kappa shape index (κ2) is 5.50. The zero-order chi connectivity index (χ0) is 14.9. The van der Waals surface area contributed by atoms with Gasteiger partial charge >= 0.3 is 23.8 Å². The topological polar surface area (TPSA) is 74.0 Å².